The van der Waals surface area contributed by atoms with Crippen LogP contribution in [-0.2, 0) is 0 Å². The molecule has 0 radical (unpaired) electrons. The maximum absolute atomic E-state index is 12.5. The minimum absolute atomic E-state index is 0.274. The fourth-order valence-corrected chi connectivity index (χ4v) is 3.15. The number of benzene rings is 1. The zero-order valence-corrected chi connectivity index (χ0v) is 13.9. The van der Waals surface area contributed by atoms with E-state index in [-0.39, 0.29) is 5.91 Å². The first kappa shape index (κ1) is 15.6. The number of fused-ring (bicyclic) bond motifs is 1. The van der Waals surface area contributed by atoms with Crippen molar-refractivity contribution in [3.05, 3.63) is 42.4 Å². The van der Waals surface area contributed by atoms with Gasteiger partial charge in [-0.25, -0.2) is 9.97 Å². The smallest absolute Gasteiger partial charge is 0.276 e. The molecule has 1 saturated heterocycles. The van der Waals surface area contributed by atoms with Gasteiger partial charge in [0.05, 0.1) is 23.6 Å². The molecule has 0 spiro atoms. The molecule has 1 aromatic carbocycles. The van der Waals surface area contributed by atoms with Crippen molar-refractivity contribution in [1.82, 2.24) is 20.2 Å². The molecule has 0 saturated carbocycles. The fourth-order valence-electron chi connectivity index (χ4n) is 3.15. The molecule has 7 heteroatoms. The summed E-state index contributed by atoms with van der Waals surface area (Å²) in [6, 6.07) is 7.54. The average molecular weight is 336 g/mol. The molecule has 0 bridgehead atoms. The summed E-state index contributed by atoms with van der Waals surface area (Å²) in [5.41, 5.74) is 1.77. The third-order valence-electron chi connectivity index (χ3n) is 4.47. The summed E-state index contributed by atoms with van der Waals surface area (Å²) >= 11 is 0. The topological polar surface area (TPSA) is 86.8 Å². The minimum atomic E-state index is -0.274. The van der Waals surface area contributed by atoms with Crippen LogP contribution in [0.5, 0.6) is 0 Å². The normalized spacial score (nSPS) is 15.1. The second-order valence-corrected chi connectivity index (χ2v) is 6.24. The lowest BCUT2D eigenvalue weighted by Crippen LogP contribution is -2.26. The number of para-hydroxylation sites is 1. The van der Waals surface area contributed by atoms with Gasteiger partial charge in [-0.2, -0.15) is 5.10 Å². The highest BCUT2D eigenvalue weighted by molar-refractivity contribution is 6.10. The lowest BCUT2D eigenvalue weighted by Gasteiger charge is -2.19. The number of carbonyl (C=O) groups is 1. The second-order valence-electron chi connectivity index (χ2n) is 6.24. The average Bonchev–Trinajstić information content (AvgIpc) is 2.89. The number of rotatable bonds is 3. The Balaban J connectivity index is 1.48. The molecule has 25 heavy (non-hydrogen) atoms. The highest BCUT2D eigenvalue weighted by atomic mass is 16.1. The van der Waals surface area contributed by atoms with Crippen molar-refractivity contribution in [2.24, 2.45) is 0 Å². The molecule has 1 fully saturated rings. The molecule has 0 atom stereocenters. The summed E-state index contributed by atoms with van der Waals surface area (Å²) < 4.78 is 0. The number of H-pyrrole nitrogens is 1. The largest absolute Gasteiger partial charge is 0.341 e. The Bertz CT molecular complexity index is 865. The Kier molecular flexibility index (Phi) is 4.28. The van der Waals surface area contributed by atoms with Gasteiger partial charge in [-0.15, -0.1) is 0 Å². The number of nitrogens with zero attached hydrogens (tertiary/aromatic N) is 4. The molecule has 1 aliphatic heterocycles. The van der Waals surface area contributed by atoms with Crippen LogP contribution in [0.15, 0.2) is 36.7 Å². The Hall–Kier alpha value is -2.96. The highest BCUT2D eigenvalue weighted by Crippen LogP contribution is 2.18. The molecule has 4 rings (SSSR count). The second kappa shape index (κ2) is 6.88. The van der Waals surface area contributed by atoms with Gasteiger partial charge < -0.3 is 10.2 Å². The van der Waals surface area contributed by atoms with Crippen LogP contribution in [0.2, 0.25) is 0 Å². The molecular formula is C18H20N6O. The van der Waals surface area contributed by atoms with E-state index in [0.717, 1.165) is 29.9 Å². The lowest BCUT2D eigenvalue weighted by atomic mass is 10.2. The monoisotopic (exact) mass is 336 g/mol. The molecule has 7 nitrogen and oxygen atoms in total. The predicted molar refractivity (Wildman–Crippen MR) is 96.8 cm³/mol. The molecule has 3 heterocycles. The zero-order chi connectivity index (χ0) is 17.1. The van der Waals surface area contributed by atoms with E-state index in [9.17, 15) is 4.79 Å². The van der Waals surface area contributed by atoms with E-state index < -0.39 is 0 Å². The summed E-state index contributed by atoms with van der Waals surface area (Å²) in [5.74, 6) is 0.452. The van der Waals surface area contributed by atoms with Crippen molar-refractivity contribution in [3.63, 3.8) is 0 Å². The molecule has 2 aromatic heterocycles. The van der Waals surface area contributed by atoms with Gasteiger partial charge in [-0.1, -0.05) is 31.0 Å². The third-order valence-corrected chi connectivity index (χ3v) is 4.47. The third kappa shape index (κ3) is 3.31. The predicted octanol–water partition coefficient (Wildman–Crippen LogP) is 2.99. The van der Waals surface area contributed by atoms with E-state index >= 15 is 0 Å². The van der Waals surface area contributed by atoms with Gasteiger partial charge in [0, 0.05) is 18.5 Å². The van der Waals surface area contributed by atoms with Gasteiger partial charge in [-0.3, -0.25) is 9.89 Å². The van der Waals surface area contributed by atoms with Crippen LogP contribution >= 0.6 is 0 Å². The van der Waals surface area contributed by atoms with Crippen molar-refractivity contribution in [2.75, 3.05) is 23.3 Å². The summed E-state index contributed by atoms with van der Waals surface area (Å²) in [6.45, 7) is 1.98. The van der Waals surface area contributed by atoms with Gasteiger partial charge >= 0.3 is 0 Å². The van der Waals surface area contributed by atoms with Crippen molar-refractivity contribution < 1.29 is 4.79 Å². The Labute approximate surface area is 145 Å². The molecule has 128 valence electrons. The molecule has 0 aliphatic carbocycles. The number of aromatic amines is 1. The van der Waals surface area contributed by atoms with Gasteiger partial charge in [0.2, 0.25) is 5.95 Å². The van der Waals surface area contributed by atoms with Crippen LogP contribution in [-0.4, -0.2) is 39.2 Å². The molecule has 0 unspecified atom stereocenters. The highest BCUT2D eigenvalue weighted by Gasteiger charge is 2.15. The summed E-state index contributed by atoms with van der Waals surface area (Å²) in [5, 5.41) is 10.6. The molecule has 2 N–H and O–H groups in total. The van der Waals surface area contributed by atoms with E-state index in [0.29, 0.717) is 11.4 Å². The van der Waals surface area contributed by atoms with E-state index in [1.165, 1.54) is 25.7 Å². The Morgan fingerprint density at radius 3 is 2.52 bits per heavy atom. The SMILES string of the molecule is O=C(Nc1cnc(N2CCCCCC2)nc1)c1n[nH]c2ccccc12. The Morgan fingerprint density at radius 1 is 1.04 bits per heavy atom. The summed E-state index contributed by atoms with van der Waals surface area (Å²) in [6.07, 6.45) is 8.19. The number of nitrogens with one attached hydrogen (secondary N) is 2. The van der Waals surface area contributed by atoms with Crippen molar-refractivity contribution in [2.45, 2.75) is 25.7 Å². The van der Waals surface area contributed by atoms with Crippen molar-refractivity contribution in [3.8, 4) is 0 Å². The number of hydrogen-bond donors (Lipinski definition) is 2. The summed E-state index contributed by atoms with van der Waals surface area (Å²) in [7, 11) is 0. The standard InChI is InChI=1S/C18H20N6O/c25-17(16-14-7-3-4-8-15(14)22-23-16)21-13-11-19-18(20-12-13)24-9-5-1-2-6-10-24/h3-4,7-8,11-12H,1-2,5-6,9-10H2,(H,21,25)(H,22,23). The minimum Gasteiger partial charge on any atom is -0.341 e. The number of carbonyl (C=O) groups excluding carboxylic acids is 1. The van der Waals surface area contributed by atoms with Crippen LogP contribution < -0.4 is 10.2 Å². The van der Waals surface area contributed by atoms with Crippen LogP contribution in [0.3, 0.4) is 0 Å². The van der Waals surface area contributed by atoms with Crippen LogP contribution in [0.25, 0.3) is 10.9 Å². The van der Waals surface area contributed by atoms with Gasteiger partial charge in [-0.05, 0) is 18.9 Å². The maximum Gasteiger partial charge on any atom is 0.276 e. The van der Waals surface area contributed by atoms with E-state index in [2.05, 4.69) is 30.4 Å². The van der Waals surface area contributed by atoms with Gasteiger partial charge in [0.25, 0.3) is 5.91 Å². The number of aromatic nitrogens is 4. The van der Waals surface area contributed by atoms with Crippen molar-refractivity contribution >= 4 is 28.4 Å². The van der Waals surface area contributed by atoms with Crippen molar-refractivity contribution in [1.29, 1.82) is 0 Å². The lowest BCUT2D eigenvalue weighted by molar-refractivity contribution is 0.102. The number of anilines is 2. The van der Waals surface area contributed by atoms with E-state index in [1.54, 1.807) is 12.4 Å². The molecular weight excluding hydrogens is 316 g/mol. The number of hydrogen-bond acceptors (Lipinski definition) is 5. The van der Waals surface area contributed by atoms with E-state index in [4.69, 9.17) is 0 Å². The van der Waals surface area contributed by atoms with E-state index in [1.807, 2.05) is 24.3 Å². The Morgan fingerprint density at radius 2 is 1.76 bits per heavy atom. The molecule has 1 aliphatic rings. The van der Waals surface area contributed by atoms with Crippen LogP contribution in [0.1, 0.15) is 36.2 Å². The van der Waals surface area contributed by atoms with Crippen LogP contribution in [0.4, 0.5) is 11.6 Å². The molecule has 1 amide bonds. The fraction of sp³-hybridized carbons (Fsp3) is 0.333. The number of amides is 1. The van der Waals surface area contributed by atoms with Gasteiger partial charge in [0.15, 0.2) is 5.69 Å². The quantitative estimate of drug-likeness (QED) is 0.768. The summed E-state index contributed by atoms with van der Waals surface area (Å²) in [4.78, 5) is 23.5. The molecule has 3 aromatic rings. The zero-order valence-electron chi connectivity index (χ0n) is 13.9. The first-order valence-electron chi connectivity index (χ1n) is 8.63. The van der Waals surface area contributed by atoms with Crippen LogP contribution in [0, 0.1) is 0 Å². The van der Waals surface area contributed by atoms with Gasteiger partial charge in [0.1, 0.15) is 0 Å². The first-order chi connectivity index (χ1) is 12.3. The first-order valence-corrected chi connectivity index (χ1v) is 8.63. The maximum atomic E-state index is 12.5.